The van der Waals surface area contributed by atoms with Crippen LogP contribution in [0.1, 0.15) is 25.8 Å². The van der Waals surface area contributed by atoms with E-state index in [0.717, 1.165) is 28.3 Å². The first-order chi connectivity index (χ1) is 15.4. The fourth-order valence-electron chi connectivity index (χ4n) is 3.05. The predicted molar refractivity (Wildman–Crippen MR) is 130 cm³/mol. The molecule has 170 valence electrons. The minimum atomic E-state index is -0.156. The second kappa shape index (κ2) is 11.4. The quantitative estimate of drug-likeness (QED) is 0.352. The zero-order valence-corrected chi connectivity index (χ0v) is 20.2. The van der Waals surface area contributed by atoms with Gasteiger partial charge < -0.3 is 20.5 Å². The second-order valence-corrected chi connectivity index (χ2v) is 9.26. The van der Waals surface area contributed by atoms with E-state index in [1.165, 1.54) is 11.8 Å². The van der Waals surface area contributed by atoms with E-state index in [0.29, 0.717) is 28.0 Å². The van der Waals surface area contributed by atoms with Crippen LogP contribution in [0.3, 0.4) is 0 Å². The largest absolute Gasteiger partial charge is 0.497 e. The number of halogens is 1. The Morgan fingerprint density at radius 3 is 2.44 bits per heavy atom. The van der Waals surface area contributed by atoms with Crippen molar-refractivity contribution in [1.82, 2.24) is 15.0 Å². The lowest BCUT2D eigenvalue weighted by molar-refractivity contribution is 0.259. The number of rotatable bonds is 10. The molecular formula is C23H28ClN5O2S. The number of ether oxygens (including phenoxy) is 1. The molecule has 32 heavy (non-hydrogen) atoms. The van der Waals surface area contributed by atoms with Crippen LogP contribution in [0.15, 0.2) is 52.5 Å². The van der Waals surface area contributed by atoms with Gasteiger partial charge in [-0.2, -0.15) is 15.0 Å². The van der Waals surface area contributed by atoms with Crippen LogP contribution in [-0.2, 0) is 0 Å². The van der Waals surface area contributed by atoms with Crippen molar-refractivity contribution in [1.29, 1.82) is 0 Å². The number of aromatic nitrogens is 3. The number of hydrogen-bond acceptors (Lipinski definition) is 8. The van der Waals surface area contributed by atoms with Crippen LogP contribution in [0.5, 0.6) is 5.75 Å². The Labute approximate surface area is 198 Å². The van der Waals surface area contributed by atoms with Gasteiger partial charge >= 0.3 is 0 Å². The van der Waals surface area contributed by atoms with Crippen LogP contribution >= 0.6 is 23.4 Å². The third-order valence-electron chi connectivity index (χ3n) is 4.64. The van der Waals surface area contributed by atoms with Crippen molar-refractivity contribution in [2.24, 2.45) is 5.92 Å². The zero-order valence-electron chi connectivity index (χ0n) is 18.6. The smallest absolute Gasteiger partial charge is 0.233 e. The highest BCUT2D eigenvalue weighted by Crippen LogP contribution is 2.29. The fraction of sp³-hybridized carbons (Fsp3) is 0.348. The van der Waals surface area contributed by atoms with Crippen LogP contribution in [0.25, 0.3) is 0 Å². The Hall–Kier alpha value is -2.55. The maximum Gasteiger partial charge on any atom is 0.233 e. The molecule has 3 aromatic rings. The number of aliphatic hydroxyl groups is 1. The summed E-state index contributed by atoms with van der Waals surface area (Å²) in [4.78, 5) is 14.7. The van der Waals surface area contributed by atoms with Gasteiger partial charge in [-0.05, 0) is 73.0 Å². The summed E-state index contributed by atoms with van der Waals surface area (Å²) in [6.45, 7) is 6.19. The van der Waals surface area contributed by atoms with Crippen molar-refractivity contribution in [2.75, 3.05) is 24.4 Å². The number of aliphatic hydroxyl groups excluding tert-OH is 1. The molecular weight excluding hydrogens is 446 g/mol. The molecule has 1 heterocycles. The van der Waals surface area contributed by atoms with Gasteiger partial charge in [0.2, 0.25) is 11.9 Å². The topological polar surface area (TPSA) is 92.2 Å². The Balaban J connectivity index is 1.91. The number of hydrogen-bond donors (Lipinski definition) is 3. The lowest BCUT2D eigenvalue weighted by atomic mass is 10.0. The number of nitrogens with one attached hydrogen (secondary N) is 2. The molecule has 2 aromatic carbocycles. The lowest BCUT2D eigenvalue weighted by Gasteiger charge is -2.19. The molecule has 7 nitrogen and oxygen atoms in total. The summed E-state index contributed by atoms with van der Waals surface area (Å²) in [6, 6.07) is 13.1. The summed E-state index contributed by atoms with van der Waals surface area (Å²) in [5.74, 6) is 2.00. The minimum absolute atomic E-state index is 0.0129. The molecule has 0 unspecified atom stereocenters. The van der Waals surface area contributed by atoms with Gasteiger partial charge in [0.15, 0.2) is 5.16 Å². The van der Waals surface area contributed by atoms with Gasteiger partial charge in [-0.25, -0.2) is 0 Å². The van der Waals surface area contributed by atoms with Gasteiger partial charge in [0, 0.05) is 15.6 Å². The Morgan fingerprint density at radius 2 is 1.78 bits per heavy atom. The van der Waals surface area contributed by atoms with Gasteiger partial charge in [0.1, 0.15) is 5.75 Å². The van der Waals surface area contributed by atoms with Crippen LogP contribution in [-0.4, -0.2) is 39.8 Å². The summed E-state index contributed by atoms with van der Waals surface area (Å²) < 4.78 is 5.23. The standard InChI is InChI=1S/C23H28ClN5O2S/c1-14(2)11-17(13-30)25-21-27-22(26-20-12-16(24)6-5-15(20)3)29-23(28-21)32-19-9-7-18(31-4)8-10-19/h5-10,12,14,17,30H,11,13H2,1-4H3,(H2,25,26,27,28,29)/t17-/m1/s1. The van der Waals surface area contributed by atoms with E-state index in [1.54, 1.807) is 7.11 Å². The molecule has 3 N–H and O–H groups in total. The number of aryl methyl sites for hydroxylation is 1. The molecule has 0 amide bonds. The molecule has 1 atom stereocenters. The highest BCUT2D eigenvalue weighted by Gasteiger charge is 2.15. The average Bonchev–Trinajstić information content (AvgIpc) is 2.76. The first-order valence-corrected chi connectivity index (χ1v) is 11.5. The molecule has 0 aliphatic carbocycles. The highest BCUT2D eigenvalue weighted by atomic mass is 35.5. The maximum absolute atomic E-state index is 9.78. The SMILES string of the molecule is COc1ccc(Sc2nc(Nc3cc(Cl)ccc3C)nc(N[C@@H](CO)CC(C)C)n2)cc1. The summed E-state index contributed by atoms with van der Waals surface area (Å²) in [5.41, 5.74) is 1.83. The van der Waals surface area contributed by atoms with Crippen molar-refractivity contribution in [3.63, 3.8) is 0 Å². The summed E-state index contributed by atoms with van der Waals surface area (Å²) in [7, 11) is 1.64. The Kier molecular flexibility index (Phi) is 8.55. The van der Waals surface area contributed by atoms with E-state index in [1.807, 2.05) is 49.4 Å². The van der Waals surface area contributed by atoms with E-state index >= 15 is 0 Å². The molecule has 0 bridgehead atoms. The predicted octanol–water partition coefficient (Wildman–Crippen LogP) is 5.56. The van der Waals surface area contributed by atoms with Crippen molar-refractivity contribution in [2.45, 2.75) is 43.3 Å². The summed E-state index contributed by atoms with van der Waals surface area (Å²) >= 11 is 7.58. The third-order valence-corrected chi connectivity index (χ3v) is 5.75. The number of methoxy groups -OCH3 is 1. The molecule has 9 heteroatoms. The van der Waals surface area contributed by atoms with Gasteiger partial charge in [-0.3, -0.25) is 0 Å². The van der Waals surface area contributed by atoms with Gasteiger partial charge in [-0.15, -0.1) is 0 Å². The normalized spacial score (nSPS) is 12.0. The number of nitrogens with zero attached hydrogens (tertiary/aromatic N) is 3. The molecule has 1 aromatic heterocycles. The van der Waals surface area contributed by atoms with Crippen LogP contribution in [0, 0.1) is 12.8 Å². The van der Waals surface area contributed by atoms with E-state index in [2.05, 4.69) is 39.4 Å². The molecule has 0 saturated carbocycles. The minimum Gasteiger partial charge on any atom is -0.497 e. The van der Waals surface area contributed by atoms with Crippen LogP contribution < -0.4 is 15.4 Å². The number of benzene rings is 2. The van der Waals surface area contributed by atoms with E-state index in [-0.39, 0.29) is 12.6 Å². The van der Waals surface area contributed by atoms with Crippen molar-refractivity contribution >= 4 is 40.9 Å². The van der Waals surface area contributed by atoms with E-state index in [4.69, 9.17) is 16.3 Å². The van der Waals surface area contributed by atoms with Gasteiger partial charge in [-0.1, -0.05) is 31.5 Å². The van der Waals surface area contributed by atoms with E-state index < -0.39 is 0 Å². The molecule has 0 spiro atoms. The Morgan fingerprint density at radius 1 is 1.06 bits per heavy atom. The van der Waals surface area contributed by atoms with Crippen LogP contribution in [0.2, 0.25) is 5.02 Å². The summed E-state index contributed by atoms with van der Waals surface area (Å²) in [5, 5.41) is 17.4. The first-order valence-electron chi connectivity index (χ1n) is 10.3. The summed E-state index contributed by atoms with van der Waals surface area (Å²) in [6.07, 6.45) is 0.791. The third kappa shape index (κ3) is 6.98. The molecule has 0 aliphatic rings. The molecule has 0 aliphatic heterocycles. The lowest BCUT2D eigenvalue weighted by Crippen LogP contribution is -2.27. The maximum atomic E-state index is 9.78. The van der Waals surface area contributed by atoms with E-state index in [9.17, 15) is 5.11 Å². The molecule has 0 radical (unpaired) electrons. The zero-order chi connectivity index (χ0) is 23.1. The Bertz CT molecular complexity index is 1030. The number of anilines is 3. The van der Waals surface area contributed by atoms with Gasteiger partial charge in [0.25, 0.3) is 0 Å². The van der Waals surface area contributed by atoms with Crippen molar-refractivity contribution in [3.8, 4) is 5.75 Å². The second-order valence-electron chi connectivity index (χ2n) is 7.78. The van der Waals surface area contributed by atoms with Crippen molar-refractivity contribution in [3.05, 3.63) is 53.1 Å². The van der Waals surface area contributed by atoms with Gasteiger partial charge in [0.05, 0.1) is 19.8 Å². The van der Waals surface area contributed by atoms with Crippen molar-refractivity contribution < 1.29 is 9.84 Å². The molecule has 3 rings (SSSR count). The average molecular weight is 474 g/mol. The first kappa shape index (κ1) is 24.1. The molecule has 0 fully saturated rings. The monoisotopic (exact) mass is 473 g/mol. The molecule has 0 saturated heterocycles. The van der Waals surface area contributed by atoms with Crippen LogP contribution in [0.4, 0.5) is 17.6 Å². The highest BCUT2D eigenvalue weighted by molar-refractivity contribution is 7.99. The fourth-order valence-corrected chi connectivity index (χ4v) is 3.97.